The number of amides is 1. The van der Waals surface area contributed by atoms with Crippen molar-refractivity contribution in [2.75, 3.05) is 24.1 Å². The van der Waals surface area contributed by atoms with Crippen LogP contribution in [0.1, 0.15) is 11.1 Å². The van der Waals surface area contributed by atoms with Crippen LogP contribution in [-0.2, 0) is 15.0 Å². The fourth-order valence-corrected chi connectivity index (χ4v) is 3.36. The summed E-state index contributed by atoms with van der Waals surface area (Å²) >= 11 is 0. The molecule has 0 unspecified atom stereocenters. The van der Waals surface area contributed by atoms with Gasteiger partial charge in [0, 0.05) is 30.9 Å². The maximum Gasteiger partial charge on any atom is 0.301 e. The molecule has 3 N–H and O–H groups in total. The normalized spacial score (nSPS) is 15.4. The Morgan fingerprint density at radius 3 is 2.74 bits per heavy atom. The van der Waals surface area contributed by atoms with Gasteiger partial charge in [0.05, 0.1) is 11.2 Å². The summed E-state index contributed by atoms with van der Waals surface area (Å²) in [7, 11) is -0.762. The summed E-state index contributed by atoms with van der Waals surface area (Å²) in [6, 6.07) is 10.4. The molecule has 138 valence electrons. The first-order valence-corrected chi connectivity index (χ1v) is 9.46. The Morgan fingerprint density at radius 1 is 1.15 bits per heavy atom. The molecule has 0 saturated heterocycles. The fourth-order valence-electron chi connectivity index (χ4n) is 2.75. The molecule has 4 rings (SSSR count). The van der Waals surface area contributed by atoms with Crippen LogP contribution in [0.15, 0.2) is 36.4 Å². The molecule has 27 heavy (non-hydrogen) atoms. The summed E-state index contributed by atoms with van der Waals surface area (Å²) in [4.78, 5) is 12.4. The molecule has 1 amide bonds. The highest BCUT2D eigenvalue weighted by Gasteiger charge is 2.25. The number of carbonyl (C=O) groups excluding carboxylic acids is 1. The van der Waals surface area contributed by atoms with Crippen molar-refractivity contribution in [3.05, 3.63) is 47.5 Å². The van der Waals surface area contributed by atoms with Gasteiger partial charge in [0.2, 0.25) is 0 Å². The van der Waals surface area contributed by atoms with Crippen LogP contribution >= 0.6 is 0 Å². The van der Waals surface area contributed by atoms with Gasteiger partial charge in [0.25, 0.3) is 5.91 Å². The molecule has 0 spiro atoms. The molecule has 3 aromatic rings. The number of nitrogens with zero attached hydrogens (tertiary/aromatic N) is 3. The molecular formula is C17H16N6O3S. The van der Waals surface area contributed by atoms with Crippen molar-refractivity contribution in [3.63, 3.8) is 0 Å². The van der Waals surface area contributed by atoms with Gasteiger partial charge in [-0.2, -0.15) is 12.7 Å². The van der Waals surface area contributed by atoms with Gasteiger partial charge in [0.15, 0.2) is 0 Å². The number of hydrogen-bond acceptors (Lipinski definition) is 5. The summed E-state index contributed by atoms with van der Waals surface area (Å²) in [6.45, 7) is 0. The highest BCUT2D eigenvalue weighted by atomic mass is 32.2. The Bertz CT molecular complexity index is 1200. The average molecular weight is 384 g/mol. The molecule has 1 aromatic heterocycles. The first kappa shape index (κ1) is 17.2. The Kier molecular flexibility index (Phi) is 3.93. The number of rotatable bonds is 4. The van der Waals surface area contributed by atoms with Gasteiger partial charge in [0.1, 0.15) is 5.52 Å². The molecule has 0 atom stereocenters. The van der Waals surface area contributed by atoms with Gasteiger partial charge in [-0.15, -0.1) is 5.10 Å². The first-order chi connectivity index (χ1) is 12.8. The van der Waals surface area contributed by atoms with E-state index < -0.39 is 10.2 Å². The van der Waals surface area contributed by atoms with Crippen LogP contribution < -0.4 is 10.0 Å². The topological polar surface area (TPSA) is 120 Å². The average Bonchev–Trinajstić information content (AvgIpc) is 3.19. The second-order valence-electron chi connectivity index (χ2n) is 6.25. The molecule has 0 bridgehead atoms. The predicted octanol–water partition coefficient (Wildman–Crippen LogP) is 1.67. The van der Waals surface area contributed by atoms with E-state index in [-0.39, 0.29) is 5.91 Å². The number of anilines is 2. The van der Waals surface area contributed by atoms with E-state index in [9.17, 15) is 13.2 Å². The van der Waals surface area contributed by atoms with Gasteiger partial charge < -0.3 is 5.32 Å². The number of benzene rings is 2. The molecule has 2 aromatic carbocycles. The lowest BCUT2D eigenvalue weighted by Crippen LogP contribution is -2.28. The Labute approximate surface area is 155 Å². The van der Waals surface area contributed by atoms with E-state index in [1.54, 1.807) is 30.3 Å². The zero-order valence-electron chi connectivity index (χ0n) is 14.5. The van der Waals surface area contributed by atoms with Crippen LogP contribution in [0.5, 0.6) is 0 Å². The number of fused-ring (bicyclic) bond motifs is 2. The van der Waals surface area contributed by atoms with E-state index in [1.165, 1.54) is 14.1 Å². The lowest BCUT2D eigenvalue weighted by Gasteiger charge is -2.14. The minimum absolute atomic E-state index is 0.250. The highest BCUT2D eigenvalue weighted by molar-refractivity contribution is 7.90. The maximum absolute atomic E-state index is 12.4. The van der Waals surface area contributed by atoms with Crippen molar-refractivity contribution in [3.8, 4) is 0 Å². The number of hydrogen-bond donors (Lipinski definition) is 3. The van der Waals surface area contributed by atoms with E-state index in [1.807, 2.05) is 12.1 Å². The molecule has 9 nitrogen and oxygen atoms in total. The monoisotopic (exact) mass is 384 g/mol. The summed E-state index contributed by atoms with van der Waals surface area (Å²) in [5.41, 5.74) is 4.36. The smallest absolute Gasteiger partial charge is 0.301 e. The van der Waals surface area contributed by atoms with Crippen LogP contribution in [0.2, 0.25) is 0 Å². The zero-order chi connectivity index (χ0) is 19.2. The van der Waals surface area contributed by atoms with Crippen LogP contribution in [0.3, 0.4) is 0 Å². The minimum Gasteiger partial charge on any atom is -0.321 e. The third-order valence-electron chi connectivity index (χ3n) is 4.19. The lowest BCUT2D eigenvalue weighted by atomic mass is 10.0. The Balaban J connectivity index is 1.74. The van der Waals surface area contributed by atoms with Crippen LogP contribution in [0.25, 0.3) is 22.7 Å². The summed E-state index contributed by atoms with van der Waals surface area (Å²) in [5.74, 6) is -0.250. The number of H-pyrrole nitrogens is 1. The summed E-state index contributed by atoms with van der Waals surface area (Å²) < 4.78 is 27.6. The SMILES string of the molecule is CN(C)S(=O)(=O)Nc1ccc2c(c1)/C(=C\c1ccc3nn[nH]c3c1)C(=O)N2. The third kappa shape index (κ3) is 3.15. The number of nitrogens with one attached hydrogen (secondary N) is 3. The summed E-state index contributed by atoms with van der Waals surface area (Å²) in [6.07, 6.45) is 1.74. The van der Waals surface area contributed by atoms with Gasteiger partial charge in [-0.05, 0) is 42.0 Å². The lowest BCUT2D eigenvalue weighted by molar-refractivity contribution is -0.110. The second-order valence-corrected chi connectivity index (χ2v) is 8.13. The van der Waals surface area contributed by atoms with E-state index in [2.05, 4.69) is 25.4 Å². The predicted molar refractivity (Wildman–Crippen MR) is 103 cm³/mol. The van der Waals surface area contributed by atoms with Gasteiger partial charge in [-0.1, -0.05) is 11.3 Å². The third-order valence-corrected chi connectivity index (χ3v) is 5.64. The van der Waals surface area contributed by atoms with Gasteiger partial charge in [-0.3, -0.25) is 14.6 Å². The van der Waals surface area contributed by atoms with Crippen molar-refractivity contribution < 1.29 is 13.2 Å². The van der Waals surface area contributed by atoms with Crippen LogP contribution in [0, 0.1) is 0 Å². The quantitative estimate of drug-likeness (QED) is 0.591. The number of carbonyl (C=O) groups is 1. The molecule has 0 aliphatic carbocycles. The Morgan fingerprint density at radius 2 is 1.96 bits per heavy atom. The van der Waals surface area contributed by atoms with E-state index in [0.717, 1.165) is 20.9 Å². The van der Waals surface area contributed by atoms with E-state index >= 15 is 0 Å². The zero-order valence-corrected chi connectivity index (χ0v) is 15.3. The van der Waals surface area contributed by atoms with Crippen molar-refractivity contribution >= 4 is 50.2 Å². The fraction of sp³-hybridized carbons (Fsp3) is 0.118. The van der Waals surface area contributed by atoms with Crippen LogP contribution in [-0.4, -0.2) is 48.1 Å². The van der Waals surface area contributed by atoms with Crippen molar-refractivity contribution in [1.82, 2.24) is 19.7 Å². The van der Waals surface area contributed by atoms with Crippen LogP contribution in [0.4, 0.5) is 11.4 Å². The molecule has 2 heterocycles. The minimum atomic E-state index is -3.64. The number of aromatic amines is 1. The molecule has 10 heteroatoms. The molecular weight excluding hydrogens is 368 g/mol. The van der Waals surface area contributed by atoms with Crippen molar-refractivity contribution in [2.24, 2.45) is 0 Å². The number of aromatic nitrogens is 3. The molecule has 0 saturated carbocycles. The standard InChI is InChI=1S/C17H16N6O3S/c1-23(2)27(25,26)21-11-4-6-14-12(9-11)13(17(24)18-14)7-10-3-5-15-16(8-10)20-22-19-15/h3-9,21H,1-2H3,(H,18,24)(H,19,20,22)/b13-7+. The first-order valence-electron chi connectivity index (χ1n) is 8.02. The van der Waals surface area contributed by atoms with Gasteiger partial charge in [-0.25, -0.2) is 0 Å². The maximum atomic E-state index is 12.4. The van der Waals surface area contributed by atoms with E-state index in [4.69, 9.17) is 0 Å². The summed E-state index contributed by atoms with van der Waals surface area (Å²) in [5, 5.41) is 13.2. The molecule has 0 fully saturated rings. The van der Waals surface area contributed by atoms with Crippen molar-refractivity contribution in [1.29, 1.82) is 0 Å². The molecule has 0 radical (unpaired) electrons. The second kappa shape index (κ2) is 6.18. The van der Waals surface area contributed by atoms with E-state index in [0.29, 0.717) is 22.5 Å². The van der Waals surface area contributed by atoms with Crippen molar-refractivity contribution in [2.45, 2.75) is 0 Å². The molecule has 1 aliphatic rings. The highest BCUT2D eigenvalue weighted by Crippen LogP contribution is 2.35. The Hall–Kier alpha value is -3.24. The largest absolute Gasteiger partial charge is 0.321 e. The van der Waals surface area contributed by atoms with Gasteiger partial charge >= 0.3 is 10.2 Å². The molecule has 1 aliphatic heterocycles.